The fourth-order valence-corrected chi connectivity index (χ4v) is 2.95. The number of amides is 1. The number of benzene rings is 2. The van der Waals surface area contributed by atoms with E-state index in [0.717, 1.165) is 16.6 Å². The maximum atomic E-state index is 12.7. The monoisotopic (exact) mass is 330 g/mol. The zero-order valence-electron chi connectivity index (χ0n) is 14.1. The molecule has 0 aliphatic heterocycles. The molecule has 0 saturated carbocycles. The normalized spacial score (nSPS) is 11.0. The van der Waals surface area contributed by atoms with Gasteiger partial charge in [0, 0.05) is 24.1 Å². The maximum absolute atomic E-state index is 12.7. The number of nitrogens with zero attached hydrogens (tertiary/aromatic N) is 3. The van der Waals surface area contributed by atoms with E-state index in [1.807, 2.05) is 79.5 Å². The van der Waals surface area contributed by atoms with Gasteiger partial charge in [0.1, 0.15) is 0 Å². The molecule has 0 aliphatic carbocycles. The van der Waals surface area contributed by atoms with E-state index in [-0.39, 0.29) is 5.91 Å². The highest BCUT2D eigenvalue weighted by atomic mass is 16.1. The summed E-state index contributed by atoms with van der Waals surface area (Å²) in [7, 11) is 1.94. The topological polar surface area (TPSA) is 51.9 Å². The molecule has 25 heavy (non-hydrogen) atoms. The molecule has 0 atom stereocenters. The summed E-state index contributed by atoms with van der Waals surface area (Å²) in [5.41, 5.74) is 4.50. The Morgan fingerprint density at radius 2 is 1.80 bits per heavy atom. The zero-order valence-corrected chi connectivity index (χ0v) is 14.1. The molecule has 2 heterocycles. The van der Waals surface area contributed by atoms with Crippen molar-refractivity contribution < 1.29 is 4.79 Å². The lowest BCUT2D eigenvalue weighted by atomic mass is 10.1. The van der Waals surface area contributed by atoms with Crippen molar-refractivity contribution in [2.45, 2.75) is 6.92 Å². The molecule has 124 valence electrons. The lowest BCUT2D eigenvalue weighted by Crippen LogP contribution is -2.10. The van der Waals surface area contributed by atoms with Crippen molar-refractivity contribution in [2.75, 3.05) is 5.32 Å². The van der Waals surface area contributed by atoms with Crippen LogP contribution in [0.15, 0.2) is 67.1 Å². The first-order chi connectivity index (χ1) is 12.1. The molecule has 2 aromatic heterocycles. The van der Waals surface area contributed by atoms with E-state index < -0.39 is 0 Å². The molecule has 0 bridgehead atoms. The summed E-state index contributed by atoms with van der Waals surface area (Å²) in [4.78, 5) is 12.7. The first-order valence-electron chi connectivity index (χ1n) is 8.09. The van der Waals surface area contributed by atoms with Gasteiger partial charge in [-0.1, -0.05) is 35.9 Å². The van der Waals surface area contributed by atoms with Gasteiger partial charge in [-0.25, -0.2) is 4.68 Å². The minimum absolute atomic E-state index is 0.139. The van der Waals surface area contributed by atoms with Crippen LogP contribution >= 0.6 is 0 Å². The lowest BCUT2D eigenvalue weighted by Gasteiger charge is -2.02. The number of anilines is 1. The number of para-hydroxylation sites is 1. The standard InChI is InChI=1S/C20H18N4O/c1-14-7-9-16(10-8-14)24-12-15(11-21-24)22-20(25)18-13-23(2)19-6-4-3-5-17(18)19/h3-13H,1-2H3,(H,22,25). The average Bonchev–Trinajstić information content (AvgIpc) is 3.21. The van der Waals surface area contributed by atoms with E-state index in [9.17, 15) is 4.79 Å². The summed E-state index contributed by atoms with van der Waals surface area (Å²) in [5, 5.41) is 8.20. The second kappa shape index (κ2) is 5.94. The molecule has 0 aliphatic rings. The molecule has 2 aromatic carbocycles. The fraction of sp³-hybridized carbons (Fsp3) is 0.100. The summed E-state index contributed by atoms with van der Waals surface area (Å²) >= 11 is 0. The lowest BCUT2D eigenvalue weighted by molar-refractivity contribution is 0.102. The summed E-state index contributed by atoms with van der Waals surface area (Å²) in [6.45, 7) is 2.04. The first-order valence-corrected chi connectivity index (χ1v) is 8.09. The largest absolute Gasteiger partial charge is 0.350 e. The Morgan fingerprint density at radius 1 is 1.04 bits per heavy atom. The van der Waals surface area contributed by atoms with E-state index in [0.29, 0.717) is 11.3 Å². The van der Waals surface area contributed by atoms with Gasteiger partial charge in [-0.15, -0.1) is 0 Å². The fourth-order valence-electron chi connectivity index (χ4n) is 2.95. The molecule has 4 rings (SSSR count). The highest BCUT2D eigenvalue weighted by Crippen LogP contribution is 2.21. The van der Waals surface area contributed by atoms with Crippen LogP contribution in [0.1, 0.15) is 15.9 Å². The Morgan fingerprint density at radius 3 is 2.60 bits per heavy atom. The second-order valence-electron chi connectivity index (χ2n) is 6.13. The van der Waals surface area contributed by atoms with Crippen molar-refractivity contribution in [3.63, 3.8) is 0 Å². The number of fused-ring (bicyclic) bond motifs is 1. The van der Waals surface area contributed by atoms with Gasteiger partial charge in [0.25, 0.3) is 5.91 Å². The van der Waals surface area contributed by atoms with Gasteiger partial charge in [-0.2, -0.15) is 5.10 Å². The van der Waals surface area contributed by atoms with Crippen molar-refractivity contribution in [3.8, 4) is 5.69 Å². The number of nitrogens with one attached hydrogen (secondary N) is 1. The molecular weight excluding hydrogens is 312 g/mol. The summed E-state index contributed by atoms with van der Waals surface area (Å²) in [6.07, 6.45) is 5.32. The van der Waals surface area contributed by atoms with Gasteiger partial charge in [0.05, 0.1) is 29.3 Å². The van der Waals surface area contributed by atoms with Crippen LogP contribution in [-0.4, -0.2) is 20.3 Å². The Balaban J connectivity index is 1.60. The van der Waals surface area contributed by atoms with E-state index >= 15 is 0 Å². The van der Waals surface area contributed by atoms with Crippen molar-refractivity contribution >= 4 is 22.5 Å². The number of aromatic nitrogens is 3. The second-order valence-corrected chi connectivity index (χ2v) is 6.13. The van der Waals surface area contributed by atoms with Gasteiger partial charge in [0.2, 0.25) is 0 Å². The molecule has 0 radical (unpaired) electrons. The number of carbonyl (C=O) groups excluding carboxylic acids is 1. The Bertz CT molecular complexity index is 1060. The summed E-state index contributed by atoms with van der Waals surface area (Å²) < 4.78 is 3.71. The molecule has 5 heteroatoms. The third kappa shape index (κ3) is 2.80. The van der Waals surface area contributed by atoms with Crippen molar-refractivity contribution in [3.05, 3.63) is 78.2 Å². The molecule has 0 unspecified atom stereocenters. The van der Waals surface area contributed by atoms with Crippen molar-refractivity contribution in [2.24, 2.45) is 7.05 Å². The van der Waals surface area contributed by atoms with Crippen LogP contribution in [0.2, 0.25) is 0 Å². The molecule has 0 saturated heterocycles. The predicted octanol–water partition coefficient (Wildman–Crippen LogP) is 3.92. The highest BCUT2D eigenvalue weighted by Gasteiger charge is 2.14. The number of aryl methyl sites for hydroxylation is 2. The average molecular weight is 330 g/mol. The van der Waals surface area contributed by atoms with Crippen LogP contribution in [-0.2, 0) is 7.05 Å². The van der Waals surface area contributed by atoms with Crippen LogP contribution in [0.4, 0.5) is 5.69 Å². The number of hydrogen-bond acceptors (Lipinski definition) is 2. The quantitative estimate of drug-likeness (QED) is 0.619. The molecule has 5 nitrogen and oxygen atoms in total. The van der Waals surface area contributed by atoms with Gasteiger partial charge in [-0.3, -0.25) is 4.79 Å². The first kappa shape index (κ1) is 15.2. The molecule has 4 aromatic rings. The molecule has 0 spiro atoms. The Hall–Kier alpha value is -3.34. The van der Waals surface area contributed by atoms with Gasteiger partial charge >= 0.3 is 0 Å². The minimum Gasteiger partial charge on any atom is -0.350 e. The molecule has 0 fully saturated rings. The minimum atomic E-state index is -0.139. The Kier molecular flexibility index (Phi) is 3.61. The van der Waals surface area contributed by atoms with Crippen LogP contribution in [0, 0.1) is 6.92 Å². The third-order valence-electron chi connectivity index (χ3n) is 4.28. The highest BCUT2D eigenvalue weighted by molar-refractivity contribution is 6.12. The van der Waals surface area contributed by atoms with E-state index in [4.69, 9.17) is 0 Å². The molecular formula is C20H18N4O. The SMILES string of the molecule is Cc1ccc(-n2cc(NC(=O)c3cn(C)c4ccccc34)cn2)cc1. The molecule has 1 amide bonds. The van der Waals surface area contributed by atoms with Crippen LogP contribution < -0.4 is 5.32 Å². The van der Waals surface area contributed by atoms with Gasteiger partial charge in [0.15, 0.2) is 0 Å². The summed E-state index contributed by atoms with van der Waals surface area (Å²) in [6, 6.07) is 15.9. The van der Waals surface area contributed by atoms with E-state index in [1.54, 1.807) is 10.9 Å². The van der Waals surface area contributed by atoms with Crippen molar-refractivity contribution in [1.29, 1.82) is 0 Å². The van der Waals surface area contributed by atoms with E-state index in [2.05, 4.69) is 10.4 Å². The van der Waals surface area contributed by atoms with Gasteiger partial charge in [-0.05, 0) is 25.1 Å². The van der Waals surface area contributed by atoms with Crippen LogP contribution in [0.3, 0.4) is 0 Å². The number of carbonyl (C=O) groups is 1. The summed E-state index contributed by atoms with van der Waals surface area (Å²) in [5.74, 6) is -0.139. The third-order valence-corrected chi connectivity index (χ3v) is 4.28. The predicted molar refractivity (Wildman–Crippen MR) is 99.2 cm³/mol. The van der Waals surface area contributed by atoms with E-state index in [1.165, 1.54) is 5.56 Å². The smallest absolute Gasteiger partial charge is 0.257 e. The van der Waals surface area contributed by atoms with Gasteiger partial charge < -0.3 is 9.88 Å². The maximum Gasteiger partial charge on any atom is 0.257 e. The van der Waals surface area contributed by atoms with Crippen LogP contribution in [0.25, 0.3) is 16.6 Å². The van der Waals surface area contributed by atoms with Crippen LogP contribution in [0.5, 0.6) is 0 Å². The zero-order chi connectivity index (χ0) is 17.4. The number of hydrogen-bond donors (Lipinski definition) is 1. The number of rotatable bonds is 3. The Labute approximate surface area is 145 Å². The molecule has 1 N–H and O–H groups in total. The van der Waals surface area contributed by atoms with Crippen molar-refractivity contribution in [1.82, 2.24) is 14.3 Å².